The van der Waals surface area contributed by atoms with Crippen molar-refractivity contribution in [2.45, 2.75) is 32.3 Å². The van der Waals surface area contributed by atoms with Crippen LogP contribution in [0.3, 0.4) is 0 Å². The molecule has 1 aromatic heterocycles. The van der Waals surface area contributed by atoms with Crippen LogP contribution >= 0.6 is 11.3 Å². The molecule has 16 heavy (non-hydrogen) atoms. The van der Waals surface area contributed by atoms with Gasteiger partial charge in [0.2, 0.25) is 5.91 Å². The Labute approximate surface area is 99.7 Å². The largest absolute Gasteiger partial charge is 0.391 e. The highest BCUT2D eigenvalue weighted by Gasteiger charge is 2.22. The highest BCUT2D eigenvalue weighted by atomic mass is 32.1. The maximum absolute atomic E-state index is 12.0. The third-order valence-electron chi connectivity index (χ3n) is 3.03. The molecule has 0 aliphatic carbocycles. The molecule has 0 aromatic carbocycles. The van der Waals surface area contributed by atoms with Crippen molar-refractivity contribution in [2.75, 3.05) is 13.1 Å². The number of thiophene rings is 1. The number of rotatable bonds is 2. The molecule has 1 atom stereocenters. The maximum Gasteiger partial charge on any atom is 0.227 e. The molecule has 0 bridgehead atoms. The average molecular weight is 239 g/mol. The second kappa shape index (κ2) is 4.97. The second-order valence-electron chi connectivity index (χ2n) is 4.34. The molecule has 1 fully saturated rings. The Morgan fingerprint density at radius 1 is 1.69 bits per heavy atom. The average Bonchev–Trinajstić information content (AvgIpc) is 2.64. The van der Waals surface area contributed by atoms with Crippen molar-refractivity contribution in [1.29, 1.82) is 0 Å². The number of aliphatic hydroxyl groups excluding tert-OH is 1. The first-order valence-electron chi connectivity index (χ1n) is 5.65. The SMILES string of the molecule is Cc1ccsc1CC(=O)N1CCCC(O)C1. The highest BCUT2D eigenvalue weighted by Crippen LogP contribution is 2.18. The number of amides is 1. The first-order valence-corrected chi connectivity index (χ1v) is 6.53. The fourth-order valence-corrected chi connectivity index (χ4v) is 2.91. The smallest absolute Gasteiger partial charge is 0.227 e. The van der Waals surface area contributed by atoms with E-state index >= 15 is 0 Å². The number of carbonyl (C=O) groups is 1. The van der Waals surface area contributed by atoms with Crippen LogP contribution in [0.25, 0.3) is 0 Å². The molecule has 1 aromatic rings. The van der Waals surface area contributed by atoms with Gasteiger partial charge in [0.15, 0.2) is 0 Å². The van der Waals surface area contributed by atoms with E-state index in [9.17, 15) is 9.90 Å². The molecule has 1 unspecified atom stereocenters. The van der Waals surface area contributed by atoms with Crippen LogP contribution in [0.5, 0.6) is 0 Å². The van der Waals surface area contributed by atoms with Crippen molar-refractivity contribution in [3.63, 3.8) is 0 Å². The van der Waals surface area contributed by atoms with Crippen molar-refractivity contribution in [3.8, 4) is 0 Å². The van der Waals surface area contributed by atoms with E-state index in [1.54, 1.807) is 16.2 Å². The molecule has 0 spiro atoms. The summed E-state index contributed by atoms with van der Waals surface area (Å²) in [5.41, 5.74) is 1.19. The van der Waals surface area contributed by atoms with Gasteiger partial charge in [-0.3, -0.25) is 4.79 Å². The minimum Gasteiger partial charge on any atom is -0.391 e. The minimum absolute atomic E-state index is 0.143. The number of hydrogen-bond donors (Lipinski definition) is 1. The standard InChI is InChI=1S/C12H17NO2S/c1-9-4-6-16-11(9)7-12(15)13-5-2-3-10(14)8-13/h4,6,10,14H,2-3,5,7-8H2,1H3. The zero-order chi connectivity index (χ0) is 11.5. The van der Waals surface area contributed by atoms with E-state index in [1.165, 1.54) is 5.56 Å². The van der Waals surface area contributed by atoms with Crippen molar-refractivity contribution in [3.05, 3.63) is 21.9 Å². The van der Waals surface area contributed by atoms with E-state index in [0.717, 1.165) is 24.3 Å². The molecule has 1 saturated heterocycles. The fraction of sp³-hybridized carbons (Fsp3) is 0.583. The lowest BCUT2D eigenvalue weighted by Crippen LogP contribution is -2.42. The first-order chi connectivity index (χ1) is 7.66. The van der Waals surface area contributed by atoms with Crippen LogP contribution in [0.4, 0.5) is 0 Å². The molecular weight excluding hydrogens is 222 g/mol. The lowest BCUT2D eigenvalue weighted by molar-refractivity contribution is -0.133. The number of piperidine rings is 1. The molecule has 88 valence electrons. The van der Waals surface area contributed by atoms with Crippen molar-refractivity contribution < 1.29 is 9.90 Å². The van der Waals surface area contributed by atoms with E-state index in [2.05, 4.69) is 0 Å². The van der Waals surface area contributed by atoms with Gasteiger partial charge in [-0.1, -0.05) is 0 Å². The molecule has 0 saturated carbocycles. The molecule has 4 heteroatoms. The van der Waals surface area contributed by atoms with E-state index in [0.29, 0.717) is 13.0 Å². The quantitative estimate of drug-likeness (QED) is 0.851. The summed E-state index contributed by atoms with van der Waals surface area (Å²) in [6.07, 6.45) is 1.89. The van der Waals surface area contributed by atoms with Gasteiger partial charge in [0, 0.05) is 18.0 Å². The molecule has 1 amide bonds. The lowest BCUT2D eigenvalue weighted by Gasteiger charge is -2.30. The molecule has 1 aliphatic rings. The molecule has 2 heterocycles. The van der Waals surface area contributed by atoms with Gasteiger partial charge in [0.25, 0.3) is 0 Å². The lowest BCUT2D eigenvalue weighted by atomic mass is 10.1. The third kappa shape index (κ3) is 2.62. The number of aryl methyl sites for hydroxylation is 1. The molecule has 1 N–H and O–H groups in total. The van der Waals surface area contributed by atoms with Gasteiger partial charge in [0.1, 0.15) is 0 Å². The number of hydrogen-bond acceptors (Lipinski definition) is 3. The van der Waals surface area contributed by atoms with Crippen molar-refractivity contribution in [1.82, 2.24) is 4.90 Å². The van der Waals surface area contributed by atoms with Gasteiger partial charge in [-0.15, -0.1) is 11.3 Å². The summed E-state index contributed by atoms with van der Waals surface area (Å²) in [7, 11) is 0. The van der Waals surface area contributed by atoms with Crippen LogP contribution in [-0.4, -0.2) is 35.1 Å². The Bertz CT molecular complexity index is 375. The van der Waals surface area contributed by atoms with Gasteiger partial charge in [-0.25, -0.2) is 0 Å². The van der Waals surface area contributed by atoms with Crippen molar-refractivity contribution in [2.24, 2.45) is 0 Å². The normalized spacial score (nSPS) is 21.1. The van der Waals surface area contributed by atoms with Crippen LogP contribution in [0.15, 0.2) is 11.4 Å². The van der Waals surface area contributed by atoms with Gasteiger partial charge < -0.3 is 10.0 Å². The highest BCUT2D eigenvalue weighted by molar-refractivity contribution is 7.10. The fourth-order valence-electron chi connectivity index (χ4n) is 2.02. The van der Waals surface area contributed by atoms with Gasteiger partial charge in [-0.2, -0.15) is 0 Å². The molecule has 2 rings (SSSR count). The minimum atomic E-state index is -0.331. The Kier molecular flexibility index (Phi) is 3.61. The number of likely N-dealkylation sites (tertiary alicyclic amines) is 1. The second-order valence-corrected chi connectivity index (χ2v) is 5.34. The van der Waals surface area contributed by atoms with Gasteiger partial charge >= 0.3 is 0 Å². The number of nitrogens with zero attached hydrogens (tertiary/aromatic N) is 1. The Hall–Kier alpha value is -0.870. The van der Waals surface area contributed by atoms with Crippen LogP contribution in [-0.2, 0) is 11.2 Å². The van der Waals surface area contributed by atoms with E-state index in [4.69, 9.17) is 0 Å². The maximum atomic E-state index is 12.0. The topological polar surface area (TPSA) is 40.5 Å². The Morgan fingerprint density at radius 3 is 3.12 bits per heavy atom. The molecule has 1 aliphatic heterocycles. The van der Waals surface area contributed by atoms with Crippen LogP contribution in [0, 0.1) is 6.92 Å². The number of carbonyl (C=O) groups excluding carboxylic acids is 1. The van der Waals surface area contributed by atoms with Crippen LogP contribution < -0.4 is 0 Å². The Balaban J connectivity index is 1.95. The third-order valence-corrected chi connectivity index (χ3v) is 4.05. The summed E-state index contributed by atoms with van der Waals surface area (Å²) in [6, 6.07) is 2.04. The summed E-state index contributed by atoms with van der Waals surface area (Å²) < 4.78 is 0. The monoisotopic (exact) mass is 239 g/mol. The van der Waals surface area contributed by atoms with Crippen LogP contribution in [0.2, 0.25) is 0 Å². The molecular formula is C12H17NO2S. The van der Waals surface area contributed by atoms with Crippen LogP contribution in [0.1, 0.15) is 23.3 Å². The summed E-state index contributed by atoms with van der Waals surface area (Å²) in [5, 5.41) is 11.5. The summed E-state index contributed by atoms with van der Waals surface area (Å²) >= 11 is 1.63. The predicted molar refractivity (Wildman–Crippen MR) is 64.6 cm³/mol. The predicted octanol–water partition coefficient (Wildman–Crippen LogP) is 1.58. The van der Waals surface area contributed by atoms with Gasteiger partial charge in [0.05, 0.1) is 12.5 Å². The number of β-amino-alcohol motifs (C(OH)–C–C–N with tert-alkyl or cyclic N) is 1. The summed E-state index contributed by atoms with van der Waals surface area (Å²) in [6.45, 7) is 3.33. The zero-order valence-electron chi connectivity index (χ0n) is 9.48. The van der Waals surface area contributed by atoms with E-state index in [1.807, 2.05) is 18.4 Å². The number of aliphatic hydroxyl groups is 1. The van der Waals surface area contributed by atoms with Crippen molar-refractivity contribution >= 4 is 17.2 Å². The molecule has 3 nitrogen and oxygen atoms in total. The van der Waals surface area contributed by atoms with E-state index < -0.39 is 0 Å². The summed E-state index contributed by atoms with van der Waals surface area (Å²) in [4.78, 5) is 14.9. The van der Waals surface area contributed by atoms with E-state index in [-0.39, 0.29) is 12.0 Å². The van der Waals surface area contributed by atoms with Gasteiger partial charge in [-0.05, 0) is 36.8 Å². The zero-order valence-corrected chi connectivity index (χ0v) is 10.3. The Morgan fingerprint density at radius 2 is 2.50 bits per heavy atom. The summed E-state index contributed by atoms with van der Waals surface area (Å²) in [5.74, 6) is 0.143. The first kappa shape index (κ1) is 11.6. The molecule has 0 radical (unpaired) electrons.